The van der Waals surface area contributed by atoms with Crippen LogP contribution in [0, 0.1) is 0 Å². The van der Waals surface area contributed by atoms with Crippen molar-refractivity contribution in [3.8, 4) is 0 Å². The molecule has 1 aromatic heterocycles. The minimum absolute atomic E-state index is 0. The number of H-pyrrole nitrogens is 1. The molecule has 0 unspecified atom stereocenters. The summed E-state index contributed by atoms with van der Waals surface area (Å²) >= 11 is 0. The first-order chi connectivity index (χ1) is 7.20. The van der Waals surface area contributed by atoms with Crippen LogP contribution in [0.15, 0.2) is 30.5 Å². The van der Waals surface area contributed by atoms with Gasteiger partial charge in [0.1, 0.15) is 5.82 Å². The number of nitrogens with one attached hydrogen (secondary N) is 2. The van der Waals surface area contributed by atoms with Crippen molar-refractivity contribution < 1.29 is 1.43 Å². The highest BCUT2D eigenvalue weighted by Crippen LogP contribution is 2.16. The largest absolute Gasteiger partial charge is 0.368 e. The van der Waals surface area contributed by atoms with Crippen molar-refractivity contribution in [2.24, 2.45) is 0 Å². The van der Waals surface area contributed by atoms with Crippen molar-refractivity contribution in [1.82, 2.24) is 4.98 Å². The van der Waals surface area contributed by atoms with Crippen LogP contribution in [-0.4, -0.2) is 11.5 Å². The van der Waals surface area contributed by atoms with Crippen LogP contribution in [0.2, 0.25) is 0 Å². The van der Waals surface area contributed by atoms with E-state index < -0.39 is 0 Å². The van der Waals surface area contributed by atoms with Crippen molar-refractivity contribution in [3.63, 3.8) is 0 Å². The Morgan fingerprint density at radius 2 is 2.00 bits per heavy atom. The Labute approximate surface area is 94.6 Å². The van der Waals surface area contributed by atoms with Crippen molar-refractivity contribution >= 4 is 11.9 Å². The second kappa shape index (κ2) is 7.92. The molecular formula is C13H24N2. The summed E-state index contributed by atoms with van der Waals surface area (Å²) in [5.41, 5.74) is 2.42. The number of fused-ring (bicyclic) bond motifs is 1. The molecule has 0 atom stereocenters. The fraction of sp³-hybridized carbons (Fsp3) is 0.385. The van der Waals surface area contributed by atoms with Crippen molar-refractivity contribution in [3.05, 3.63) is 36.1 Å². The molecule has 2 nitrogen and oxygen atoms in total. The third-order valence-electron chi connectivity index (χ3n) is 1.47. The third-order valence-corrected chi connectivity index (χ3v) is 1.47. The number of anilines is 1. The fourth-order valence-corrected chi connectivity index (χ4v) is 1.02. The van der Waals surface area contributed by atoms with E-state index in [9.17, 15) is 0 Å². The first-order valence-electron chi connectivity index (χ1n) is 5.40. The maximum Gasteiger partial charge on any atom is 0.110 e. The lowest BCUT2D eigenvalue weighted by molar-refractivity contribution is 1.25. The Hall–Kier alpha value is -1.44. The van der Waals surface area contributed by atoms with Gasteiger partial charge in [-0.05, 0) is 19.9 Å². The second-order valence-electron chi connectivity index (χ2n) is 3.30. The Bertz CT molecular complexity index is 309. The van der Waals surface area contributed by atoms with E-state index in [-0.39, 0.29) is 1.43 Å². The lowest BCUT2D eigenvalue weighted by atomic mass is 10.2. The summed E-state index contributed by atoms with van der Waals surface area (Å²) in [6.07, 6.45) is 6.16. The number of rotatable bonds is 0. The molecule has 15 heavy (non-hydrogen) atoms. The molecule has 0 saturated carbocycles. The first-order valence-corrected chi connectivity index (χ1v) is 5.40. The summed E-state index contributed by atoms with van der Waals surface area (Å²) in [5.74, 6) is 1.14. The SMILES string of the molecule is C1=Cc2cc[nH]c2NC1.C=C(C)C.CC.[HH]. The Morgan fingerprint density at radius 3 is 2.53 bits per heavy atom. The summed E-state index contributed by atoms with van der Waals surface area (Å²) in [6, 6.07) is 2.05. The quantitative estimate of drug-likeness (QED) is 0.611. The molecule has 0 aromatic carbocycles. The van der Waals surface area contributed by atoms with Crippen LogP contribution in [0.4, 0.5) is 5.82 Å². The minimum Gasteiger partial charge on any atom is -0.368 e. The zero-order valence-corrected chi connectivity index (χ0v) is 10.2. The second-order valence-corrected chi connectivity index (χ2v) is 3.30. The van der Waals surface area contributed by atoms with Gasteiger partial charge in [-0.15, -0.1) is 6.58 Å². The number of aromatic nitrogens is 1. The van der Waals surface area contributed by atoms with E-state index in [1.54, 1.807) is 0 Å². The molecule has 1 aliphatic rings. The topological polar surface area (TPSA) is 27.8 Å². The van der Waals surface area contributed by atoms with Crippen LogP contribution in [-0.2, 0) is 0 Å². The molecule has 86 valence electrons. The van der Waals surface area contributed by atoms with Gasteiger partial charge in [0.05, 0.1) is 0 Å². The highest BCUT2D eigenvalue weighted by molar-refractivity contribution is 5.66. The minimum atomic E-state index is 0. The Kier molecular flexibility index (Phi) is 7.16. The van der Waals surface area contributed by atoms with E-state index in [1.807, 2.05) is 33.9 Å². The normalized spacial score (nSPS) is 10.9. The fourth-order valence-electron chi connectivity index (χ4n) is 1.02. The number of hydrogen-bond donors (Lipinski definition) is 2. The van der Waals surface area contributed by atoms with Gasteiger partial charge >= 0.3 is 0 Å². The molecule has 0 saturated heterocycles. The van der Waals surface area contributed by atoms with Crippen LogP contribution in [0.3, 0.4) is 0 Å². The van der Waals surface area contributed by atoms with E-state index in [1.165, 1.54) is 11.1 Å². The van der Waals surface area contributed by atoms with E-state index in [2.05, 4.69) is 35.1 Å². The number of aromatic amines is 1. The Morgan fingerprint density at radius 1 is 1.40 bits per heavy atom. The molecule has 0 fully saturated rings. The van der Waals surface area contributed by atoms with Crippen molar-refractivity contribution in [1.29, 1.82) is 0 Å². The van der Waals surface area contributed by atoms with Gasteiger partial charge in [0, 0.05) is 19.7 Å². The third kappa shape index (κ3) is 5.78. The molecule has 0 amide bonds. The van der Waals surface area contributed by atoms with Crippen LogP contribution < -0.4 is 5.32 Å². The van der Waals surface area contributed by atoms with Crippen molar-refractivity contribution in [2.75, 3.05) is 11.9 Å². The smallest absolute Gasteiger partial charge is 0.110 e. The van der Waals surface area contributed by atoms with Crippen LogP contribution in [0.5, 0.6) is 0 Å². The van der Waals surface area contributed by atoms with Crippen molar-refractivity contribution in [2.45, 2.75) is 27.7 Å². The highest BCUT2D eigenvalue weighted by Gasteiger charge is 2.00. The maximum atomic E-state index is 3.56. The number of allylic oxidation sites excluding steroid dienone is 1. The standard InChI is InChI=1S/C7H8N2.C4H8.C2H6.H2/c1-2-6-3-5-9-7(6)8-4-1;1-4(2)3;1-2;/h1-3,5,8-9H,4H2;1H2,2-3H3;1-2H3;1H. The van der Waals surface area contributed by atoms with Crippen LogP contribution >= 0.6 is 0 Å². The van der Waals surface area contributed by atoms with Gasteiger partial charge < -0.3 is 10.3 Å². The van der Waals surface area contributed by atoms with Gasteiger partial charge in [-0.3, -0.25) is 0 Å². The molecule has 2 rings (SSSR count). The molecule has 0 spiro atoms. The van der Waals surface area contributed by atoms with Crippen LogP contribution in [0.1, 0.15) is 34.7 Å². The summed E-state index contributed by atoms with van der Waals surface area (Å²) in [6.45, 7) is 12.4. The molecular weight excluding hydrogens is 184 g/mol. The van der Waals surface area contributed by atoms with E-state index in [4.69, 9.17) is 0 Å². The highest BCUT2D eigenvalue weighted by atomic mass is 15.0. The average Bonchev–Trinajstić information content (AvgIpc) is 2.67. The molecule has 0 bridgehead atoms. The van der Waals surface area contributed by atoms with E-state index >= 15 is 0 Å². The number of hydrogen-bond acceptors (Lipinski definition) is 1. The predicted molar refractivity (Wildman–Crippen MR) is 72.3 cm³/mol. The van der Waals surface area contributed by atoms with Gasteiger partial charge in [0.25, 0.3) is 0 Å². The molecule has 2 N–H and O–H groups in total. The van der Waals surface area contributed by atoms with Crippen LogP contribution in [0.25, 0.3) is 6.08 Å². The van der Waals surface area contributed by atoms with E-state index in [0.29, 0.717) is 0 Å². The van der Waals surface area contributed by atoms with Gasteiger partial charge in [-0.25, -0.2) is 0 Å². The predicted octanol–water partition coefficient (Wildman–Crippen LogP) is 4.31. The molecule has 0 radical (unpaired) electrons. The van der Waals surface area contributed by atoms with Gasteiger partial charge in [-0.2, -0.15) is 0 Å². The molecule has 1 aliphatic heterocycles. The summed E-state index contributed by atoms with van der Waals surface area (Å²) in [5, 5.41) is 3.20. The Balaban J connectivity index is 0. The average molecular weight is 208 g/mol. The van der Waals surface area contributed by atoms with E-state index in [0.717, 1.165) is 12.4 Å². The zero-order chi connectivity index (χ0) is 11.7. The maximum absolute atomic E-state index is 3.56. The monoisotopic (exact) mass is 208 g/mol. The van der Waals surface area contributed by atoms with Gasteiger partial charge in [0.15, 0.2) is 0 Å². The molecule has 2 heteroatoms. The lowest BCUT2D eigenvalue weighted by Gasteiger charge is -2.06. The zero-order valence-electron chi connectivity index (χ0n) is 10.2. The van der Waals surface area contributed by atoms with Gasteiger partial charge in [0.2, 0.25) is 0 Å². The van der Waals surface area contributed by atoms with Gasteiger partial charge in [-0.1, -0.05) is 31.6 Å². The molecule has 1 aromatic rings. The lowest BCUT2D eigenvalue weighted by Crippen LogP contribution is -2.02. The molecule has 2 heterocycles. The summed E-state index contributed by atoms with van der Waals surface area (Å²) < 4.78 is 0. The summed E-state index contributed by atoms with van der Waals surface area (Å²) in [7, 11) is 0. The molecule has 0 aliphatic carbocycles. The first kappa shape index (κ1) is 13.6. The summed E-state index contributed by atoms with van der Waals surface area (Å²) in [4.78, 5) is 3.10.